The molecule has 10 nitrogen and oxygen atoms in total. The van der Waals surface area contributed by atoms with Crippen molar-refractivity contribution in [3.8, 4) is 11.3 Å². The van der Waals surface area contributed by atoms with Gasteiger partial charge in [-0.25, -0.2) is 9.50 Å². The van der Waals surface area contributed by atoms with Gasteiger partial charge in [-0.2, -0.15) is 5.10 Å². The quantitative estimate of drug-likeness (QED) is 0.280. The van der Waals surface area contributed by atoms with E-state index in [1.807, 2.05) is 10.7 Å². The van der Waals surface area contributed by atoms with Crippen LogP contribution < -0.4 is 11.5 Å². The number of rotatable bonds is 9. The molecule has 4 heterocycles. The summed E-state index contributed by atoms with van der Waals surface area (Å²) in [6.07, 6.45) is 5.51. The molecule has 1 saturated heterocycles. The summed E-state index contributed by atoms with van der Waals surface area (Å²) >= 11 is 1.43. The van der Waals surface area contributed by atoms with E-state index in [0.29, 0.717) is 12.5 Å². The van der Waals surface area contributed by atoms with Crippen molar-refractivity contribution in [2.45, 2.75) is 58.4 Å². The second kappa shape index (κ2) is 11.2. The molecular weight excluding hydrogens is 526 g/mol. The van der Waals surface area contributed by atoms with Crippen LogP contribution in [0.1, 0.15) is 60.8 Å². The number of benzene rings is 1. The van der Waals surface area contributed by atoms with Crippen molar-refractivity contribution in [1.29, 1.82) is 0 Å². The number of amides is 1. The Balaban J connectivity index is 1.66. The predicted molar refractivity (Wildman–Crippen MR) is 159 cm³/mol. The van der Waals surface area contributed by atoms with E-state index in [1.54, 1.807) is 6.33 Å². The number of aliphatic carboxylic acids is 1. The molecule has 212 valence electrons. The lowest BCUT2D eigenvalue weighted by Crippen LogP contribution is -2.39. The minimum absolute atomic E-state index is 0.200. The Morgan fingerprint density at radius 2 is 1.90 bits per heavy atom. The van der Waals surface area contributed by atoms with Crippen LogP contribution in [0.3, 0.4) is 0 Å². The topological polar surface area (TPSA) is 145 Å². The predicted octanol–water partition coefficient (Wildman–Crippen LogP) is 3.66. The molecule has 40 heavy (non-hydrogen) atoms. The third kappa shape index (κ3) is 5.21. The first kappa shape index (κ1) is 28.1. The number of piperidine rings is 1. The monoisotopic (exact) mass is 563 g/mol. The molecule has 4 aromatic rings. The van der Waals surface area contributed by atoms with Gasteiger partial charge in [0.2, 0.25) is 5.91 Å². The SMILES string of the molecule is Cc1c(-c2c(C(C)C)c3cc(C4CCN(CC(N)=O)CC4)ccc3n2SCC(N)C(=O)O)cn2ncnc2c1C. The number of hydrogen-bond donors (Lipinski definition) is 3. The minimum atomic E-state index is -1.02. The zero-order valence-corrected chi connectivity index (χ0v) is 24.2. The highest BCUT2D eigenvalue weighted by Gasteiger charge is 2.27. The molecule has 0 radical (unpaired) electrons. The fraction of sp³-hybridized carbons (Fsp3) is 0.448. The Morgan fingerprint density at radius 3 is 2.55 bits per heavy atom. The van der Waals surface area contributed by atoms with E-state index in [4.69, 9.17) is 11.5 Å². The van der Waals surface area contributed by atoms with Crippen molar-refractivity contribution in [3.05, 3.63) is 53.0 Å². The number of carboxylic acids is 1. The van der Waals surface area contributed by atoms with Gasteiger partial charge in [0, 0.05) is 22.9 Å². The van der Waals surface area contributed by atoms with Crippen LogP contribution in [-0.4, -0.2) is 71.9 Å². The minimum Gasteiger partial charge on any atom is -0.480 e. The molecule has 1 aliphatic heterocycles. The van der Waals surface area contributed by atoms with E-state index in [0.717, 1.165) is 64.9 Å². The second-order valence-electron chi connectivity index (χ2n) is 11.1. The molecule has 0 saturated carbocycles. The van der Waals surface area contributed by atoms with E-state index >= 15 is 0 Å². The van der Waals surface area contributed by atoms with E-state index in [-0.39, 0.29) is 17.6 Å². The van der Waals surface area contributed by atoms with Crippen molar-refractivity contribution in [3.63, 3.8) is 0 Å². The first-order valence-electron chi connectivity index (χ1n) is 13.7. The Hall–Kier alpha value is -3.41. The number of nitrogens with zero attached hydrogens (tertiary/aromatic N) is 5. The molecule has 3 aromatic heterocycles. The molecule has 0 aliphatic carbocycles. The average molecular weight is 564 g/mol. The first-order valence-corrected chi connectivity index (χ1v) is 14.6. The van der Waals surface area contributed by atoms with Crippen LogP contribution in [0.5, 0.6) is 0 Å². The molecule has 1 aromatic carbocycles. The molecule has 0 bridgehead atoms. The molecule has 1 unspecified atom stereocenters. The summed E-state index contributed by atoms with van der Waals surface area (Å²) in [4.78, 5) is 29.5. The van der Waals surface area contributed by atoms with Crippen LogP contribution >= 0.6 is 11.9 Å². The van der Waals surface area contributed by atoms with Crippen LogP contribution in [0.2, 0.25) is 0 Å². The Bertz CT molecular complexity index is 1580. The zero-order chi connectivity index (χ0) is 28.7. The highest BCUT2D eigenvalue weighted by atomic mass is 32.2. The molecule has 0 spiro atoms. The molecule has 5 rings (SSSR count). The van der Waals surface area contributed by atoms with Gasteiger partial charge in [-0.05, 0) is 97.9 Å². The number of carbonyl (C=O) groups is 2. The summed E-state index contributed by atoms with van der Waals surface area (Å²) in [6.45, 7) is 10.5. The Morgan fingerprint density at radius 1 is 1.18 bits per heavy atom. The van der Waals surface area contributed by atoms with Crippen LogP contribution in [0.4, 0.5) is 0 Å². The number of nitrogens with two attached hydrogens (primary N) is 2. The first-order chi connectivity index (χ1) is 19.1. The second-order valence-corrected chi connectivity index (χ2v) is 12.0. The van der Waals surface area contributed by atoms with Gasteiger partial charge < -0.3 is 16.6 Å². The van der Waals surface area contributed by atoms with Crippen molar-refractivity contribution < 1.29 is 14.7 Å². The summed E-state index contributed by atoms with van der Waals surface area (Å²) in [5.41, 5.74) is 19.9. The fourth-order valence-electron chi connectivity index (χ4n) is 5.84. The number of aromatic nitrogens is 4. The van der Waals surface area contributed by atoms with E-state index in [2.05, 4.69) is 64.8 Å². The largest absolute Gasteiger partial charge is 0.480 e. The molecule has 1 fully saturated rings. The fourth-order valence-corrected chi connectivity index (χ4v) is 6.92. The molecular formula is C29H37N7O3S. The number of fused-ring (bicyclic) bond motifs is 2. The van der Waals surface area contributed by atoms with E-state index < -0.39 is 12.0 Å². The van der Waals surface area contributed by atoms with Gasteiger partial charge in [0.1, 0.15) is 12.4 Å². The lowest BCUT2D eigenvalue weighted by Gasteiger charge is -2.31. The van der Waals surface area contributed by atoms with Crippen LogP contribution in [0.15, 0.2) is 30.7 Å². The number of hydrogen-bond acceptors (Lipinski definition) is 7. The normalized spacial score (nSPS) is 15.8. The Labute approximate surface area is 237 Å². The number of aryl methyl sites for hydroxylation is 1. The average Bonchev–Trinajstić information content (AvgIpc) is 3.51. The lowest BCUT2D eigenvalue weighted by atomic mass is 9.87. The van der Waals surface area contributed by atoms with Gasteiger partial charge in [0.05, 0.1) is 17.8 Å². The third-order valence-electron chi connectivity index (χ3n) is 8.09. The van der Waals surface area contributed by atoms with Gasteiger partial charge in [-0.3, -0.25) is 18.5 Å². The van der Waals surface area contributed by atoms with Crippen molar-refractivity contribution in [1.82, 2.24) is 23.5 Å². The maximum Gasteiger partial charge on any atom is 0.321 e. The summed E-state index contributed by atoms with van der Waals surface area (Å²) in [5.74, 6) is -0.483. The van der Waals surface area contributed by atoms with Crippen molar-refractivity contribution >= 4 is 40.4 Å². The third-order valence-corrected chi connectivity index (χ3v) is 9.23. The van der Waals surface area contributed by atoms with E-state index in [1.165, 1.54) is 23.1 Å². The number of pyridine rings is 1. The van der Waals surface area contributed by atoms with Crippen LogP contribution in [0, 0.1) is 13.8 Å². The lowest BCUT2D eigenvalue weighted by molar-refractivity contribution is -0.137. The summed E-state index contributed by atoms with van der Waals surface area (Å²) in [5, 5.41) is 15.1. The number of primary amides is 1. The smallest absolute Gasteiger partial charge is 0.321 e. The maximum absolute atomic E-state index is 11.6. The van der Waals surface area contributed by atoms with Gasteiger partial charge in [-0.15, -0.1) is 0 Å². The number of likely N-dealkylation sites (tertiary alicyclic amines) is 1. The summed E-state index contributed by atoms with van der Waals surface area (Å²) < 4.78 is 3.97. The molecule has 1 amide bonds. The molecule has 1 atom stereocenters. The highest BCUT2D eigenvalue weighted by Crippen LogP contribution is 2.44. The summed E-state index contributed by atoms with van der Waals surface area (Å²) in [6, 6.07) is 5.68. The van der Waals surface area contributed by atoms with Crippen LogP contribution in [-0.2, 0) is 9.59 Å². The van der Waals surface area contributed by atoms with Crippen molar-refractivity contribution in [2.24, 2.45) is 11.5 Å². The van der Waals surface area contributed by atoms with Gasteiger partial charge in [-0.1, -0.05) is 19.9 Å². The molecule has 11 heteroatoms. The summed E-state index contributed by atoms with van der Waals surface area (Å²) in [7, 11) is 0. The van der Waals surface area contributed by atoms with Gasteiger partial charge >= 0.3 is 5.97 Å². The Kier molecular flexibility index (Phi) is 7.89. The maximum atomic E-state index is 11.6. The molecule has 5 N–H and O–H groups in total. The standard InChI is InChI=1S/C29H37N7O3S/c1-16(2)26-21-11-20(19-7-9-34(10-8-19)13-25(31)37)5-6-24(21)36(40-14-23(30)29(38)39)27(26)22-12-35-28(32-15-33-35)18(4)17(22)3/h5-6,11-12,15-16,19,23H,7-10,13-14,30H2,1-4H3,(H2,31,37)(H,38,39). The molecule has 1 aliphatic rings. The van der Waals surface area contributed by atoms with E-state index in [9.17, 15) is 14.7 Å². The zero-order valence-electron chi connectivity index (χ0n) is 23.4. The van der Waals surface area contributed by atoms with Crippen molar-refractivity contribution in [2.75, 3.05) is 25.4 Å². The highest BCUT2D eigenvalue weighted by molar-refractivity contribution is 7.98. The van der Waals surface area contributed by atoms with Gasteiger partial charge in [0.25, 0.3) is 0 Å². The number of carboxylic acid groups (broad SMARTS) is 1. The number of carbonyl (C=O) groups excluding carboxylic acids is 1. The van der Waals surface area contributed by atoms with Crippen LogP contribution in [0.25, 0.3) is 27.8 Å². The van der Waals surface area contributed by atoms with Gasteiger partial charge in [0.15, 0.2) is 5.65 Å².